The predicted octanol–water partition coefficient (Wildman–Crippen LogP) is 3.23. The molecule has 0 N–H and O–H groups in total. The molecule has 37 heavy (non-hydrogen) atoms. The Morgan fingerprint density at radius 1 is 1.14 bits per heavy atom. The van der Waals surface area contributed by atoms with Crippen LogP contribution in [0.2, 0.25) is 0 Å². The van der Waals surface area contributed by atoms with Gasteiger partial charge >= 0.3 is 0 Å². The van der Waals surface area contributed by atoms with Gasteiger partial charge in [-0.05, 0) is 25.0 Å². The topological polar surface area (TPSA) is 99.7 Å². The molecule has 0 aliphatic carbocycles. The molecular formula is C26H28FN7O3. The van der Waals surface area contributed by atoms with Crippen LogP contribution in [-0.2, 0) is 18.4 Å². The van der Waals surface area contributed by atoms with Crippen molar-refractivity contribution in [2.45, 2.75) is 25.8 Å². The van der Waals surface area contributed by atoms with Gasteiger partial charge in [0.2, 0.25) is 5.91 Å². The van der Waals surface area contributed by atoms with Gasteiger partial charge < -0.3 is 18.9 Å². The highest BCUT2D eigenvalue weighted by Gasteiger charge is 2.19. The van der Waals surface area contributed by atoms with E-state index in [1.165, 1.54) is 26.4 Å². The fourth-order valence-corrected chi connectivity index (χ4v) is 4.46. The van der Waals surface area contributed by atoms with Crippen LogP contribution >= 0.6 is 0 Å². The van der Waals surface area contributed by atoms with Crippen molar-refractivity contribution in [1.29, 1.82) is 0 Å². The Morgan fingerprint density at radius 2 is 2.00 bits per heavy atom. The number of hydrogen-bond donors (Lipinski definition) is 0. The number of aryl methyl sites for hydroxylation is 2. The van der Waals surface area contributed by atoms with Crippen molar-refractivity contribution in [3.63, 3.8) is 0 Å². The van der Waals surface area contributed by atoms with Crippen LogP contribution in [0.3, 0.4) is 0 Å². The van der Waals surface area contributed by atoms with Crippen molar-refractivity contribution in [2.75, 3.05) is 27.3 Å². The highest BCUT2D eigenvalue weighted by molar-refractivity contribution is 5.78. The van der Waals surface area contributed by atoms with Gasteiger partial charge in [-0.15, -0.1) is 0 Å². The van der Waals surface area contributed by atoms with E-state index >= 15 is 4.39 Å². The lowest BCUT2D eigenvalue weighted by molar-refractivity contribution is -0.127. The second-order valence-corrected chi connectivity index (χ2v) is 8.82. The molecule has 1 fully saturated rings. The van der Waals surface area contributed by atoms with E-state index in [0.717, 1.165) is 18.5 Å². The van der Waals surface area contributed by atoms with Gasteiger partial charge in [-0.2, -0.15) is 5.10 Å². The molecule has 0 unspecified atom stereocenters. The molecule has 1 aromatic carbocycles. The monoisotopic (exact) mass is 505 g/mol. The number of hydrogen-bond acceptors (Lipinski definition) is 7. The van der Waals surface area contributed by atoms with E-state index in [-0.39, 0.29) is 17.3 Å². The molecule has 0 bridgehead atoms. The molecule has 10 nitrogen and oxygen atoms in total. The number of rotatable bonds is 8. The van der Waals surface area contributed by atoms with E-state index in [1.54, 1.807) is 23.1 Å². The number of likely N-dealkylation sites (tertiary alicyclic amines) is 1. The lowest BCUT2D eigenvalue weighted by Gasteiger charge is -2.17. The fourth-order valence-electron chi connectivity index (χ4n) is 4.46. The number of halogens is 1. The van der Waals surface area contributed by atoms with Crippen LogP contribution < -0.4 is 15.0 Å². The molecule has 1 saturated heterocycles. The number of pyridine rings is 1. The Bertz CT molecular complexity index is 1530. The third-order valence-corrected chi connectivity index (χ3v) is 6.37. The van der Waals surface area contributed by atoms with Crippen LogP contribution in [0.5, 0.6) is 11.5 Å². The van der Waals surface area contributed by atoms with Crippen molar-refractivity contribution >= 4 is 22.8 Å². The summed E-state index contributed by atoms with van der Waals surface area (Å²) in [4.78, 5) is 28.1. The van der Waals surface area contributed by atoms with Gasteiger partial charge in [-0.25, -0.2) is 14.4 Å². The van der Waals surface area contributed by atoms with Crippen molar-refractivity contribution < 1.29 is 18.7 Å². The first kappa shape index (κ1) is 24.4. The molecule has 4 heterocycles. The highest BCUT2D eigenvalue weighted by Crippen LogP contribution is 2.32. The smallest absolute Gasteiger partial charge is 0.222 e. The summed E-state index contributed by atoms with van der Waals surface area (Å²) in [6.45, 7) is 1.91. The van der Waals surface area contributed by atoms with E-state index in [1.807, 2.05) is 28.8 Å². The van der Waals surface area contributed by atoms with Gasteiger partial charge in [0.05, 0.1) is 32.3 Å². The third kappa shape index (κ3) is 5.02. The van der Waals surface area contributed by atoms with Gasteiger partial charge in [-0.3, -0.25) is 14.5 Å². The molecule has 1 aliphatic rings. The summed E-state index contributed by atoms with van der Waals surface area (Å²) in [7, 11) is 4.74. The van der Waals surface area contributed by atoms with Gasteiger partial charge in [0.15, 0.2) is 17.2 Å². The zero-order valence-electron chi connectivity index (χ0n) is 21.0. The molecule has 0 spiro atoms. The van der Waals surface area contributed by atoms with Gasteiger partial charge in [0, 0.05) is 57.0 Å². The van der Waals surface area contributed by atoms with Crippen molar-refractivity contribution in [1.82, 2.24) is 29.2 Å². The van der Waals surface area contributed by atoms with E-state index in [9.17, 15) is 4.79 Å². The zero-order chi connectivity index (χ0) is 25.9. The van der Waals surface area contributed by atoms with E-state index in [2.05, 4.69) is 15.1 Å². The maximum Gasteiger partial charge on any atom is 0.222 e. The predicted molar refractivity (Wildman–Crippen MR) is 135 cm³/mol. The zero-order valence-corrected chi connectivity index (χ0v) is 21.0. The lowest BCUT2D eigenvalue weighted by atomic mass is 10.2. The molecule has 4 aromatic rings. The Kier molecular flexibility index (Phi) is 6.85. The van der Waals surface area contributed by atoms with E-state index in [0.29, 0.717) is 54.0 Å². The summed E-state index contributed by atoms with van der Waals surface area (Å²) >= 11 is 0. The number of carbonyl (C=O) groups excluding carboxylic acids is 1. The molecule has 11 heteroatoms. The quantitative estimate of drug-likeness (QED) is 0.365. The maximum atomic E-state index is 15.1. The summed E-state index contributed by atoms with van der Waals surface area (Å²) in [6, 6.07) is 6.59. The summed E-state index contributed by atoms with van der Waals surface area (Å²) < 4.78 is 29.2. The Labute approximate surface area is 213 Å². The van der Waals surface area contributed by atoms with E-state index < -0.39 is 5.82 Å². The van der Waals surface area contributed by atoms with Gasteiger partial charge in [0.1, 0.15) is 22.4 Å². The highest BCUT2D eigenvalue weighted by atomic mass is 19.1. The second-order valence-electron chi connectivity index (χ2n) is 8.82. The second kappa shape index (κ2) is 10.4. The Balaban J connectivity index is 1.63. The summed E-state index contributed by atoms with van der Waals surface area (Å²) in [5.41, 5.74) is 3.34. The minimum absolute atomic E-state index is 0.0386. The Hall–Kier alpha value is -4.28. The molecule has 5 rings (SSSR count). The van der Waals surface area contributed by atoms with Crippen molar-refractivity contribution in [3.05, 3.63) is 54.2 Å². The largest absolute Gasteiger partial charge is 0.497 e. The van der Waals surface area contributed by atoms with Crippen LogP contribution in [0.15, 0.2) is 47.8 Å². The average molecular weight is 506 g/mol. The fraction of sp³-hybridized carbons (Fsp3) is 0.346. The number of aromatic nitrogens is 5. The van der Waals surface area contributed by atoms with Crippen LogP contribution in [0.4, 0.5) is 10.1 Å². The van der Waals surface area contributed by atoms with Crippen LogP contribution in [0.1, 0.15) is 19.3 Å². The number of methoxy groups -OCH3 is 2. The summed E-state index contributed by atoms with van der Waals surface area (Å²) in [6.07, 6.45) is 7.46. The summed E-state index contributed by atoms with van der Waals surface area (Å²) in [5.74, 6) is 0.0528. The van der Waals surface area contributed by atoms with Crippen LogP contribution in [-0.4, -0.2) is 62.4 Å². The number of nitrogens with zero attached hydrogens (tertiary/aromatic N) is 7. The molecular weight excluding hydrogens is 477 g/mol. The molecule has 1 amide bonds. The Morgan fingerprint density at radius 3 is 2.70 bits per heavy atom. The number of carbonyl (C=O) groups is 1. The van der Waals surface area contributed by atoms with Gasteiger partial charge in [0.25, 0.3) is 0 Å². The van der Waals surface area contributed by atoms with Crippen LogP contribution in [0, 0.1) is 5.82 Å². The minimum atomic E-state index is -0.590. The number of amides is 1. The third-order valence-electron chi connectivity index (χ3n) is 6.37. The minimum Gasteiger partial charge on any atom is -0.497 e. The number of ether oxygens (including phenoxy) is 2. The SMILES string of the molecule is COc1cc(/N=c2\ccc3ncc(-c4cnn(C)c4)nc3n2CCCN2CCCC2=O)c(F)c(OC)c1. The maximum absolute atomic E-state index is 15.1. The van der Waals surface area contributed by atoms with Crippen molar-refractivity contribution in [3.8, 4) is 22.8 Å². The molecule has 1 aliphatic heterocycles. The van der Waals surface area contributed by atoms with Crippen LogP contribution in [0.25, 0.3) is 22.4 Å². The summed E-state index contributed by atoms with van der Waals surface area (Å²) in [5, 5.41) is 4.23. The first-order valence-corrected chi connectivity index (χ1v) is 12.1. The van der Waals surface area contributed by atoms with Gasteiger partial charge in [-0.1, -0.05) is 0 Å². The molecule has 3 aromatic heterocycles. The number of fused-ring (bicyclic) bond motifs is 1. The standard InChI is InChI=1S/C26H28FN7O3/c1-32-16-17(14-29-32)21-15-28-19-7-8-23(30-20-12-18(36-2)13-22(37-3)25(20)27)34(26(19)31-21)11-5-10-33-9-4-6-24(33)35/h7-8,12-16H,4-6,9-11H2,1-3H3/b30-23+. The normalized spacial score (nSPS) is 14.1. The molecule has 0 radical (unpaired) electrons. The molecule has 0 atom stereocenters. The number of benzene rings is 1. The van der Waals surface area contributed by atoms with E-state index in [4.69, 9.17) is 14.5 Å². The first-order chi connectivity index (χ1) is 18.0. The molecule has 192 valence electrons. The van der Waals surface area contributed by atoms with Crippen molar-refractivity contribution in [2.24, 2.45) is 12.0 Å². The average Bonchev–Trinajstić information content (AvgIpc) is 3.53. The first-order valence-electron chi connectivity index (χ1n) is 12.1. The lowest BCUT2D eigenvalue weighted by Crippen LogP contribution is -2.28. The molecule has 0 saturated carbocycles.